The van der Waals surface area contributed by atoms with Gasteiger partial charge in [-0.3, -0.25) is 9.58 Å². The summed E-state index contributed by atoms with van der Waals surface area (Å²) in [6.45, 7) is 2.97. The fourth-order valence-corrected chi connectivity index (χ4v) is 3.42. The van der Waals surface area contributed by atoms with Crippen LogP contribution in [0, 0.1) is 0 Å². The average Bonchev–Trinajstić information content (AvgIpc) is 3.27. The third kappa shape index (κ3) is 2.87. The molecule has 1 fully saturated rings. The highest BCUT2D eigenvalue weighted by Gasteiger charge is 2.24. The number of nitrogens with zero attached hydrogens (tertiary/aromatic N) is 5. The topological polar surface area (TPSA) is 72.0 Å². The van der Waals surface area contributed by atoms with Gasteiger partial charge >= 0.3 is 0 Å². The smallest absolute Gasteiger partial charge is 0.163 e. The Morgan fingerprint density at radius 3 is 2.92 bits per heavy atom. The molecule has 1 atom stereocenters. The molecule has 7 heteroatoms. The van der Waals surface area contributed by atoms with Gasteiger partial charge in [0.1, 0.15) is 17.9 Å². The predicted octanol–water partition coefficient (Wildman–Crippen LogP) is 2.60. The van der Waals surface area contributed by atoms with Crippen molar-refractivity contribution in [1.29, 1.82) is 0 Å². The first-order valence-electron chi connectivity index (χ1n) is 8.47. The number of fused-ring (bicyclic) bond motifs is 1. The summed E-state index contributed by atoms with van der Waals surface area (Å²) in [4.78, 5) is 11.2. The lowest BCUT2D eigenvalue weighted by Gasteiger charge is -2.33. The van der Waals surface area contributed by atoms with Crippen LogP contribution in [0.1, 0.15) is 31.1 Å². The third-order valence-electron chi connectivity index (χ3n) is 4.70. The molecule has 3 aromatic heterocycles. The van der Waals surface area contributed by atoms with Gasteiger partial charge in [-0.1, -0.05) is 6.42 Å². The minimum atomic E-state index is 0.210. The van der Waals surface area contributed by atoms with Crippen molar-refractivity contribution < 1.29 is 4.42 Å². The van der Waals surface area contributed by atoms with E-state index < -0.39 is 0 Å². The van der Waals surface area contributed by atoms with Crippen molar-refractivity contribution in [3.05, 3.63) is 36.7 Å². The van der Waals surface area contributed by atoms with Crippen molar-refractivity contribution in [2.75, 3.05) is 25.0 Å². The predicted molar refractivity (Wildman–Crippen MR) is 91.7 cm³/mol. The van der Waals surface area contributed by atoms with Crippen LogP contribution in [0.2, 0.25) is 0 Å². The second-order valence-electron chi connectivity index (χ2n) is 6.24. The molecule has 0 bridgehead atoms. The maximum atomic E-state index is 5.70. The van der Waals surface area contributed by atoms with Crippen molar-refractivity contribution in [2.24, 2.45) is 7.05 Å². The van der Waals surface area contributed by atoms with Gasteiger partial charge in [-0.25, -0.2) is 9.97 Å². The summed E-state index contributed by atoms with van der Waals surface area (Å²) < 4.78 is 7.46. The van der Waals surface area contributed by atoms with E-state index in [1.165, 1.54) is 19.3 Å². The molecule has 7 nitrogen and oxygen atoms in total. The Balaban J connectivity index is 1.56. The zero-order valence-electron chi connectivity index (χ0n) is 13.9. The molecule has 0 amide bonds. The average molecular weight is 326 g/mol. The van der Waals surface area contributed by atoms with E-state index in [1.54, 1.807) is 23.5 Å². The van der Waals surface area contributed by atoms with Crippen LogP contribution < -0.4 is 5.32 Å². The van der Waals surface area contributed by atoms with Crippen LogP contribution in [0.25, 0.3) is 11.0 Å². The van der Waals surface area contributed by atoms with Crippen LogP contribution in [0.4, 0.5) is 5.82 Å². The molecule has 0 aromatic carbocycles. The molecule has 1 aliphatic heterocycles. The lowest BCUT2D eigenvalue weighted by molar-refractivity contribution is 0.153. The molecule has 0 unspecified atom stereocenters. The molecule has 1 aliphatic rings. The SMILES string of the molecule is Cn1ncc2c(NC[C@@H](c3ccco3)N3CCCCC3)ncnc21. The Morgan fingerprint density at radius 1 is 1.25 bits per heavy atom. The van der Waals surface area contributed by atoms with E-state index in [0.717, 1.165) is 42.2 Å². The molecular weight excluding hydrogens is 304 g/mol. The summed E-state index contributed by atoms with van der Waals surface area (Å²) in [6.07, 6.45) is 8.94. The van der Waals surface area contributed by atoms with Gasteiger partial charge in [0.25, 0.3) is 0 Å². The summed E-state index contributed by atoms with van der Waals surface area (Å²) in [7, 11) is 1.89. The van der Waals surface area contributed by atoms with E-state index in [4.69, 9.17) is 4.42 Å². The second kappa shape index (κ2) is 6.60. The minimum absolute atomic E-state index is 0.210. The molecule has 1 saturated heterocycles. The molecule has 0 saturated carbocycles. The Morgan fingerprint density at radius 2 is 2.12 bits per heavy atom. The Kier molecular flexibility index (Phi) is 4.17. The van der Waals surface area contributed by atoms with Crippen molar-refractivity contribution >= 4 is 16.9 Å². The summed E-state index contributed by atoms with van der Waals surface area (Å²) in [5, 5.41) is 8.69. The largest absolute Gasteiger partial charge is 0.468 e. The number of aromatic nitrogens is 4. The number of hydrogen-bond acceptors (Lipinski definition) is 6. The van der Waals surface area contributed by atoms with Crippen LogP contribution >= 0.6 is 0 Å². The van der Waals surface area contributed by atoms with Gasteiger partial charge in [0.2, 0.25) is 0 Å². The number of aryl methyl sites for hydroxylation is 1. The van der Waals surface area contributed by atoms with Gasteiger partial charge < -0.3 is 9.73 Å². The van der Waals surface area contributed by atoms with Crippen molar-refractivity contribution in [3.8, 4) is 0 Å². The lowest BCUT2D eigenvalue weighted by atomic mass is 10.1. The highest BCUT2D eigenvalue weighted by atomic mass is 16.3. The Hall–Kier alpha value is -2.41. The van der Waals surface area contributed by atoms with Crippen molar-refractivity contribution in [2.45, 2.75) is 25.3 Å². The van der Waals surface area contributed by atoms with Crippen LogP contribution in [-0.2, 0) is 7.05 Å². The van der Waals surface area contributed by atoms with E-state index in [0.29, 0.717) is 0 Å². The number of likely N-dealkylation sites (tertiary alicyclic amines) is 1. The first-order valence-corrected chi connectivity index (χ1v) is 8.47. The van der Waals surface area contributed by atoms with Gasteiger partial charge in [0.05, 0.1) is 23.9 Å². The van der Waals surface area contributed by atoms with Gasteiger partial charge in [0, 0.05) is 13.6 Å². The molecule has 0 radical (unpaired) electrons. The second-order valence-corrected chi connectivity index (χ2v) is 6.24. The number of anilines is 1. The molecule has 4 heterocycles. The summed E-state index contributed by atoms with van der Waals surface area (Å²) in [5.41, 5.74) is 0.833. The molecule has 0 aliphatic carbocycles. The first-order chi connectivity index (χ1) is 11.8. The number of nitrogens with one attached hydrogen (secondary N) is 1. The van der Waals surface area contributed by atoms with Gasteiger partial charge in [0.15, 0.2) is 5.65 Å². The van der Waals surface area contributed by atoms with Crippen LogP contribution in [-0.4, -0.2) is 44.3 Å². The fraction of sp³-hybridized carbons (Fsp3) is 0.471. The number of piperidine rings is 1. The zero-order valence-corrected chi connectivity index (χ0v) is 13.9. The quantitative estimate of drug-likeness (QED) is 0.777. The maximum Gasteiger partial charge on any atom is 0.163 e. The highest BCUT2D eigenvalue weighted by Crippen LogP contribution is 2.26. The van der Waals surface area contributed by atoms with Crippen molar-refractivity contribution in [3.63, 3.8) is 0 Å². The van der Waals surface area contributed by atoms with E-state index in [9.17, 15) is 0 Å². The van der Waals surface area contributed by atoms with Crippen LogP contribution in [0.5, 0.6) is 0 Å². The number of furan rings is 1. The summed E-state index contributed by atoms with van der Waals surface area (Å²) >= 11 is 0. The van der Waals surface area contributed by atoms with E-state index in [1.807, 2.05) is 13.1 Å². The van der Waals surface area contributed by atoms with Crippen LogP contribution in [0.15, 0.2) is 35.3 Å². The minimum Gasteiger partial charge on any atom is -0.468 e. The standard InChI is InChI=1S/C17H22N6O/c1-22-17-13(10-21-22)16(19-12-20-17)18-11-14(15-6-5-9-24-15)23-7-3-2-4-8-23/h5-6,9-10,12,14H,2-4,7-8,11H2,1H3,(H,18,19,20)/t14-/m0/s1. The van der Waals surface area contributed by atoms with Gasteiger partial charge in [-0.2, -0.15) is 5.10 Å². The highest BCUT2D eigenvalue weighted by molar-refractivity contribution is 5.85. The van der Waals surface area contributed by atoms with Gasteiger partial charge in [-0.15, -0.1) is 0 Å². The molecule has 1 N–H and O–H groups in total. The maximum absolute atomic E-state index is 5.70. The monoisotopic (exact) mass is 326 g/mol. The fourth-order valence-electron chi connectivity index (χ4n) is 3.42. The Bertz CT molecular complexity index is 791. The number of rotatable bonds is 5. The van der Waals surface area contributed by atoms with E-state index >= 15 is 0 Å². The molecule has 126 valence electrons. The first kappa shape index (κ1) is 15.1. The molecule has 4 rings (SSSR count). The van der Waals surface area contributed by atoms with Gasteiger partial charge in [-0.05, 0) is 38.1 Å². The zero-order chi connectivity index (χ0) is 16.4. The summed E-state index contributed by atoms with van der Waals surface area (Å²) in [5.74, 6) is 1.82. The third-order valence-corrected chi connectivity index (χ3v) is 4.70. The van der Waals surface area contributed by atoms with E-state index in [2.05, 4.69) is 31.3 Å². The molecule has 3 aromatic rings. The summed E-state index contributed by atoms with van der Waals surface area (Å²) in [6, 6.07) is 4.22. The van der Waals surface area contributed by atoms with E-state index in [-0.39, 0.29) is 6.04 Å². The molecule has 0 spiro atoms. The lowest BCUT2D eigenvalue weighted by Crippen LogP contribution is -2.37. The van der Waals surface area contributed by atoms with Crippen LogP contribution in [0.3, 0.4) is 0 Å². The molecule has 24 heavy (non-hydrogen) atoms. The van der Waals surface area contributed by atoms with Crippen molar-refractivity contribution in [1.82, 2.24) is 24.6 Å². The Labute approximate surface area is 140 Å². The molecular formula is C17H22N6O. The number of hydrogen-bond donors (Lipinski definition) is 1. The normalized spacial score (nSPS) is 17.2.